The van der Waals surface area contributed by atoms with Crippen LogP contribution in [0.15, 0.2) is 34.2 Å². The highest BCUT2D eigenvalue weighted by Gasteiger charge is 2.27. The third kappa shape index (κ3) is 2.51. The number of benzene rings is 1. The molecule has 0 atom stereocenters. The first kappa shape index (κ1) is 13.0. The van der Waals surface area contributed by atoms with Crippen LogP contribution in [0, 0.1) is 0 Å². The fraction of sp³-hybridized carbons (Fsp3) is 0.417. The summed E-state index contributed by atoms with van der Waals surface area (Å²) in [5.74, 6) is 0. The Hall–Kier alpha value is -1.49. The van der Waals surface area contributed by atoms with Crippen LogP contribution in [0.2, 0.25) is 0 Å². The summed E-state index contributed by atoms with van der Waals surface area (Å²) >= 11 is 0. The van der Waals surface area contributed by atoms with Gasteiger partial charge in [-0.3, -0.25) is 0 Å². The van der Waals surface area contributed by atoms with Crippen molar-refractivity contribution in [3.05, 3.63) is 24.3 Å². The fourth-order valence-electron chi connectivity index (χ4n) is 2.06. The molecular formula is C12H14N2O3S. The van der Waals surface area contributed by atoms with Crippen LogP contribution in [0.25, 0.3) is 0 Å². The summed E-state index contributed by atoms with van der Waals surface area (Å²) in [4.78, 5) is 13.9. The van der Waals surface area contributed by atoms with Gasteiger partial charge in [-0.05, 0) is 25.0 Å². The van der Waals surface area contributed by atoms with Gasteiger partial charge < -0.3 is 0 Å². The maximum atomic E-state index is 12.4. The van der Waals surface area contributed by atoms with E-state index < -0.39 is 10.0 Å². The number of sulfonamides is 1. The minimum atomic E-state index is -3.55. The van der Waals surface area contributed by atoms with Crippen molar-refractivity contribution in [3.63, 3.8) is 0 Å². The number of rotatable bonds is 3. The van der Waals surface area contributed by atoms with Crippen LogP contribution in [0.3, 0.4) is 0 Å². The van der Waals surface area contributed by atoms with Crippen molar-refractivity contribution < 1.29 is 13.2 Å². The number of carbonyl (C=O) groups excluding carboxylic acids is 1. The SMILES string of the molecule is O=C=Nc1ccccc1S(=O)(=O)N1CCCCC1. The van der Waals surface area contributed by atoms with Crippen LogP contribution < -0.4 is 0 Å². The molecule has 0 aromatic heterocycles. The van der Waals surface area contributed by atoms with Gasteiger partial charge in [0.1, 0.15) is 4.90 Å². The molecule has 0 saturated carbocycles. The first-order valence-corrected chi connectivity index (χ1v) is 7.27. The molecule has 5 nitrogen and oxygen atoms in total. The normalized spacial score (nSPS) is 17.1. The molecule has 1 saturated heterocycles. The first-order chi connectivity index (χ1) is 8.66. The van der Waals surface area contributed by atoms with Crippen LogP contribution in [0.1, 0.15) is 19.3 Å². The number of hydrogen-bond donors (Lipinski definition) is 0. The van der Waals surface area contributed by atoms with E-state index in [-0.39, 0.29) is 10.6 Å². The van der Waals surface area contributed by atoms with Gasteiger partial charge in [0.15, 0.2) is 0 Å². The molecular weight excluding hydrogens is 252 g/mol. The number of isocyanates is 1. The quantitative estimate of drug-likeness (QED) is 0.619. The second-order valence-corrected chi connectivity index (χ2v) is 6.04. The summed E-state index contributed by atoms with van der Waals surface area (Å²) in [5.41, 5.74) is 0.151. The van der Waals surface area contributed by atoms with Crippen molar-refractivity contribution in [2.75, 3.05) is 13.1 Å². The predicted octanol–water partition coefficient (Wildman–Crippen LogP) is 1.83. The van der Waals surface area contributed by atoms with E-state index in [0.29, 0.717) is 13.1 Å². The molecule has 0 N–H and O–H groups in total. The lowest BCUT2D eigenvalue weighted by Gasteiger charge is -2.26. The topological polar surface area (TPSA) is 66.8 Å². The molecule has 18 heavy (non-hydrogen) atoms. The lowest BCUT2D eigenvalue weighted by Crippen LogP contribution is -2.35. The zero-order valence-corrected chi connectivity index (χ0v) is 10.7. The summed E-state index contributed by atoms with van der Waals surface area (Å²) < 4.78 is 26.3. The summed E-state index contributed by atoms with van der Waals surface area (Å²) in [5, 5.41) is 0. The van der Waals surface area contributed by atoms with Crippen molar-refractivity contribution in [2.24, 2.45) is 4.99 Å². The number of hydrogen-bond acceptors (Lipinski definition) is 4. The minimum absolute atomic E-state index is 0.0789. The van der Waals surface area contributed by atoms with Gasteiger partial charge in [-0.1, -0.05) is 18.6 Å². The highest BCUT2D eigenvalue weighted by Crippen LogP contribution is 2.28. The second kappa shape index (κ2) is 5.44. The van der Waals surface area contributed by atoms with Crippen molar-refractivity contribution >= 4 is 21.8 Å². The lowest BCUT2D eigenvalue weighted by molar-refractivity contribution is 0.347. The highest BCUT2D eigenvalue weighted by molar-refractivity contribution is 7.89. The number of piperidine rings is 1. The Morgan fingerprint density at radius 3 is 2.44 bits per heavy atom. The number of nitrogens with zero attached hydrogens (tertiary/aromatic N) is 2. The average molecular weight is 266 g/mol. The van der Waals surface area contributed by atoms with E-state index in [0.717, 1.165) is 19.3 Å². The zero-order chi connectivity index (χ0) is 13.0. The minimum Gasteiger partial charge on any atom is -0.211 e. The largest absolute Gasteiger partial charge is 0.245 e. The molecule has 1 aliphatic heterocycles. The van der Waals surface area contributed by atoms with Gasteiger partial charge in [-0.15, -0.1) is 0 Å². The summed E-state index contributed by atoms with van der Waals surface area (Å²) in [6.07, 6.45) is 4.19. The fourth-order valence-corrected chi connectivity index (χ4v) is 3.71. The Kier molecular flexibility index (Phi) is 3.91. The van der Waals surface area contributed by atoms with Gasteiger partial charge in [0.25, 0.3) is 0 Å². The zero-order valence-electron chi connectivity index (χ0n) is 9.87. The Morgan fingerprint density at radius 2 is 1.78 bits per heavy atom. The average Bonchev–Trinajstić information content (AvgIpc) is 2.41. The molecule has 1 aliphatic rings. The number of aliphatic imine (C=N–C) groups is 1. The molecule has 1 aromatic carbocycles. The van der Waals surface area contributed by atoms with Gasteiger partial charge in [-0.2, -0.15) is 9.30 Å². The van der Waals surface area contributed by atoms with Gasteiger partial charge in [0.2, 0.25) is 16.1 Å². The predicted molar refractivity (Wildman–Crippen MR) is 66.8 cm³/mol. The monoisotopic (exact) mass is 266 g/mol. The van der Waals surface area contributed by atoms with Gasteiger partial charge >= 0.3 is 0 Å². The van der Waals surface area contributed by atoms with E-state index in [1.165, 1.54) is 22.5 Å². The van der Waals surface area contributed by atoms with E-state index in [2.05, 4.69) is 4.99 Å². The van der Waals surface area contributed by atoms with Crippen molar-refractivity contribution in [1.82, 2.24) is 4.31 Å². The lowest BCUT2D eigenvalue weighted by atomic mass is 10.2. The van der Waals surface area contributed by atoms with E-state index in [1.54, 1.807) is 12.1 Å². The molecule has 96 valence electrons. The first-order valence-electron chi connectivity index (χ1n) is 5.83. The molecule has 1 aromatic rings. The molecule has 1 heterocycles. The van der Waals surface area contributed by atoms with Crippen molar-refractivity contribution in [2.45, 2.75) is 24.2 Å². The van der Waals surface area contributed by atoms with Crippen LogP contribution >= 0.6 is 0 Å². The Bertz CT molecular complexity index is 571. The molecule has 0 unspecified atom stereocenters. The van der Waals surface area contributed by atoms with E-state index in [9.17, 15) is 13.2 Å². The molecule has 2 rings (SSSR count). The van der Waals surface area contributed by atoms with Gasteiger partial charge in [-0.25, -0.2) is 13.2 Å². The van der Waals surface area contributed by atoms with Crippen LogP contribution in [0.5, 0.6) is 0 Å². The van der Waals surface area contributed by atoms with Gasteiger partial charge in [0.05, 0.1) is 5.69 Å². The highest BCUT2D eigenvalue weighted by atomic mass is 32.2. The summed E-state index contributed by atoms with van der Waals surface area (Å²) in [7, 11) is -3.55. The van der Waals surface area contributed by atoms with Crippen molar-refractivity contribution in [1.29, 1.82) is 0 Å². The summed E-state index contributed by atoms with van der Waals surface area (Å²) in [6, 6.07) is 6.24. The van der Waals surface area contributed by atoms with E-state index >= 15 is 0 Å². The molecule has 0 aliphatic carbocycles. The molecule has 0 spiro atoms. The second-order valence-electron chi connectivity index (χ2n) is 4.14. The Morgan fingerprint density at radius 1 is 1.11 bits per heavy atom. The Labute approximate surface area is 106 Å². The third-order valence-electron chi connectivity index (χ3n) is 2.96. The smallest absolute Gasteiger partial charge is 0.211 e. The molecule has 1 fully saturated rings. The number of para-hydroxylation sites is 1. The van der Waals surface area contributed by atoms with Crippen molar-refractivity contribution in [3.8, 4) is 0 Å². The van der Waals surface area contributed by atoms with Crippen LogP contribution in [0.4, 0.5) is 5.69 Å². The standard InChI is InChI=1S/C12H14N2O3S/c15-10-13-11-6-2-3-7-12(11)18(16,17)14-8-4-1-5-9-14/h2-3,6-7H,1,4-5,8-9H2. The van der Waals surface area contributed by atoms with Gasteiger partial charge in [0, 0.05) is 13.1 Å². The molecule has 0 radical (unpaired) electrons. The summed E-state index contributed by atoms with van der Waals surface area (Å²) in [6.45, 7) is 1.06. The van der Waals surface area contributed by atoms with Crippen LogP contribution in [-0.4, -0.2) is 31.9 Å². The van der Waals surface area contributed by atoms with E-state index in [4.69, 9.17) is 0 Å². The molecule has 0 amide bonds. The molecule has 6 heteroatoms. The molecule has 0 bridgehead atoms. The Balaban J connectivity index is 2.43. The third-order valence-corrected chi connectivity index (χ3v) is 4.91. The van der Waals surface area contributed by atoms with Crippen LogP contribution in [-0.2, 0) is 14.8 Å². The van der Waals surface area contributed by atoms with E-state index in [1.807, 2.05) is 0 Å². The maximum absolute atomic E-state index is 12.4. The maximum Gasteiger partial charge on any atom is 0.245 e.